The van der Waals surface area contributed by atoms with E-state index in [4.69, 9.17) is 11.6 Å². The lowest BCUT2D eigenvalue weighted by molar-refractivity contribution is -0.112. The molecule has 0 saturated heterocycles. The summed E-state index contributed by atoms with van der Waals surface area (Å²) in [6.45, 7) is 7.76. The van der Waals surface area contributed by atoms with E-state index < -0.39 is 5.91 Å². The SMILES string of the molecule is Cc1ccc(NC(=O)c2c(-n3c(C)cc(/C=C(/C#N)C(=O)Nc4cccc(Cl)c4C)c3C)sc3c2CCCC3)cc1. The highest BCUT2D eigenvalue weighted by atomic mass is 35.5. The molecule has 0 unspecified atom stereocenters. The van der Waals surface area contributed by atoms with Gasteiger partial charge in [0, 0.05) is 32.7 Å². The summed E-state index contributed by atoms with van der Waals surface area (Å²) in [4.78, 5) is 28.1. The molecule has 0 bridgehead atoms. The fourth-order valence-electron chi connectivity index (χ4n) is 5.26. The second-order valence-electron chi connectivity index (χ2n) is 10.4. The highest BCUT2D eigenvalue weighted by molar-refractivity contribution is 7.15. The first-order valence-corrected chi connectivity index (χ1v) is 14.8. The number of aromatic nitrogens is 1. The molecule has 6 nitrogen and oxygen atoms in total. The van der Waals surface area contributed by atoms with Crippen molar-refractivity contribution in [2.24, 2.45) is 0 Å². The minimum Gasteiger partial charge on any atom is -0.322 e. The van der Waals surface area contributed by atoms with E-state index in [0.29, 0.717) is 16.3 Å². The largest absolute Gasteiger partial charge is 0.322 e. The van der Waals surface area contributed by atoms with Crippen LogP contribution >= 0.6 is 22.9 Å². The molecule has 2 amide bonds. The molecule has 1 aliphatic rings. The van der Waals surface area contributed by atoms with Crippen molar-refractivity contribution in [2.75, 3.05) is 10.6 Å². The number of nitrogens with one attached hydrogen (secondary N) is 2. The van der Waals surface area contributed by atoms with Crippen molar-refractivity contribution in [2.45, 2.75) is 53.4 Å². The minimum absolute atomic E-state index is 0.0209. The van der Waals surface area contributed by atoms with Crippen LogP contribution in [0, 0.1) is 39.0 Å². The molecule has 208 valence electrons. The zero-order valence-electron chi connectivity index (χ0n) is 23.5. The fraction of sp³-hybridized carbons (Fsp3) is 0.242. The number of fused-ring (bicyclic) bond motifs is 1. The van der Waals surface area contributed by atoms with Crippen LogP contribution < -0.4 is 10.6 Å². The van der Waals surface area contributed by atoms with E-state index in [9.17, 15) is 14.9 Å². The van der Waals surface area contributed by atoms with Gasteiger partial charge in [0.25, 0.3) is 11.8 Å². The lowest BCUT2D eigenvalue weighted by Gasteiger charge is -2.14. The Kier molecular flexibility index (Phi) is 8.16. The standard InChI is InChI=1S/C33H31ClN4O2S/c1-19-12-14-25(15-13-19)36-32(40)30-26-8-5-6-11-29(26)41-33(30)38-20(2)16-23(22(38)4)17-24(18-35)31(39)37-28-10-7-9-27(34)21(28)3/h7,9-10,12-17H,5-6,8,11H2,1-4H3,(H,36,40)(H,37,39)/b24-17-. The fourth-order valence-corrected chi connectivity index (χ4v) is 6.93. The van der Waals surface area contributed by atoms with Gasteiger partial charge in [-0.3, -0.25) is 9.59 Å². The van der Waals surface area contributed by atoms with Gasteiger partial charge in [0.2, 0.25) is 0 Å². The van der Waals surface area contributed by atoms with Crippen molar-refractivity contribution >= 4 is 52.2 Å². The van der Waals surface area contributed by atoms with Gasteiger partial charge in [-0.2, -0.15) is 5.26 Å². The molecule has 5 rings (SSSR count). The highest BCUT2D eigenvalue weighted by Crippen LogP contribution is 2.39. The summed E-state index contributed by atoms with van der Waals surface area (Å²) in [5.74, 6) is -0.630. The van der Waals surface area contributed by atoms with Gasteiger partial charge in [-0.25, -0.2) is 0 Å². The maximum Gasteiger partial charge on any atom is 0.266 e. The number of carbonyl (C=O) groups is 2. The smallest absolute Gasteiger partial charge is 0.266 e. The Bertz CT molecular complexity index is 1740. The Hall–Kier alpha value is -4.12. The van der Waals surface area contributed by atoms with Gasteiger partial charge in [0.15, 0.2) is 0 Å². The van der Waals surface area contributed by atoms with E-state index in [-0.39, 0.29) is 11.5 Å². The molecule has 8 heteroatoms. The molecule has 0 saturated carbocycles. The van der Waals surface area contributed by atoms with Crippen LogP contribution in [0.1, 0.15) is 61.7 Å². The van der Waals surface area contributed by atoms with Crippen molar-refractivity contribution in [1.29, 1.82) is 5.26 Å². The molecule has 0 spiro atoms. The lowest BCUT2D eigenvalue weighted by Crippen LogP contribution is -2.17. The van der Waals surface area contributed by atoms with Crippen LogP contribution in [-0.2, 0) is 17.6 Å². The number of carbonyl (C=O) groups excluding carboxylic acids is 2. The van der Waals surface area contributed by atoms with Gasteiger partial charge in [-0.15, -0.1) is 11.3 Å². The Morgan fingerprint density at radius 1 is 1.02 bits per heavy atom. The number of aryl methyl sites for hydroxylation is 3. The third-order valence-electron chi connectivity index (χ3n) is 7.54. The molecule has 0 aliphatic heterocycles. The normalized spacial score (nSPS) is 12.9. The first-order chi connectivity index (χ1) is 19.7. The number of amides is 2. The van der Waals surface area contributed by atoms with E-state index in [1.807, 2.05) is 64.1 Å². The summed E-state index contributed by atoms with van der Waals surface area (Å²) < 4.78 is 2.08. The average Bonchev–Trinajstić information content (AvgIpc) is 3.46. The maximum atomic E-state index is 13.8. The molecule has 4 aromatic rings. The second kappa shape index (κ2) is 11.8. The van der Waals surface area contributed by atoms with Crippen LogP contribution in [0.15, 0.2) is 54.1 Å². The molecule has 2 aromatic carbocycles. The summed E-state index contributed by atoms with van der Waals surface area (Å²) in [7, 11) is 0. The van der Waals surface area contributed by atoms with E-state index in [1.165, 1.54) is 4.88 Å². The summed E-state index contributed by atoms with van der Waals surface area (Å²) in [6.07, 6.45) is 5.59. The van der Waals surface area contributed by atoms with E-state index in [2.05, 4.69) is 15.2 Å². The lowest BCUT2D eigenvalue weighted by atomic mass is 9.95. The highest BCUT2D eigenvalue weighted by Gasteiger charge is 2.28. The van der Waals surface area contributed by atoms with Crippen LogP contribution in [0.2, 0.25) is 5.02 Å². The third kappa shape index (κ3) is 5.72. The van der Waals surface area contributed by atoms with Gasteiger partial charge in [0.1, 0.15) is 16.6 Å². The minimum atomic E-state index is -0.507. The van der Waals surface area contributed by atoms with Gasteiger partial charge < -0.3 is 15.2 Å². The van der Waals surface area contributed by atoms with Crippen molar-refractivity contribution in [3.05, 3.63) is 103 Å². The van der Waals surface area contributed by atoms with Gasteiger partial charge in [-0.1, -0.05) is 35.4 Å². The molecule has 0 atom stereocenters. The maximum absolute atomic E-state index is 13.8. The van der Waals surface area contributed by atoms with E-state index in [0.717, 1.165) is 70.0 Å². The third-order valence-corrected chi connectivity index (χ3v) is 9.23. The van der Waals surface area contributed by atoms with Gasteiger partial charge >= 0.3 is 0 Å². The number of hydrogen-bond donors (Lipinski definition) is 2. The number of thiophene rings is 1. The zero-order chi connectivity index (χ0) is 29.3. The molecule has 2 N–H and O–H groups in total. The van der Waals surface area contributed by atoms with Gasteiger partial charge in [-0.05, 0) is 106 Å². The van der Waals surface area contributed by atoms with E-state index in [1.54, 1.807) is 35.6 Å². The van der Waals surface area contributed by atoms with E-state index >= 15 is 0 Å². The predicted octanol–water partition coefficient (Wildman–Crippen LogP) is 8.10. The Labute approximate surface area is 249 Å². The molecule has 0 radical (unpaired) electrons. The van der Waals surface area contributed by atoms with Crippen molar-refractivity contribution in [3.63, 3.8) is 0 Å². The quantitative estimate of drug-likeness (QED) is 0.178. The van der Waals surface area contributed by atoms with Crippen molar-refractivity contribution in [1.82, 2.24) is 4.57 Å². The Balaban J connectivity index is 1.52. The van der Waals surface area contributed by atoms with Gasteiger partial charge in [0.05, 0.1) is 5.56 Å². The Morgan fingerprint density at radius 3 is 2.49 bits per heavy atom. The number of rotatable bonds is 6. The zero-order valence-corrected chi connectivity index (χ0v) is 25.1. The average molecular weight is 583 g/mol. The molecular weight excluding hydrogens is 552 g/mol. The second-order valence-corrected chi connectivity index (χ2v) is 11.9. The predicted molar refractivity (Wildman–Crippen MR) is 167 cm³/mol. The molecule has 1 aliphatic carbocycles. The first kappa shape index (κ1) is 28.4. The molecule has 41 heavy (non-hydrogen) atoms. The molecule has 0 fully saturated rings. The molecular formula is C33H31ClN4O2S. The summed E-state index contributed by atoms with van der Waals surface area (Å²) in [5, 5.41) is 17.2. The number of hydrogen-bond acceptors (Lipinski definition) is 4. The topological polar surface area (TPSA) is 86.9 Å². The van der Waals surface area contributed by atoms with Crippen LogP contribution in [-0.4, -0.2) is 16.4 Å². The van der Waals surface area contributed by atoms with Crippen LogP contribution in [0.4, 0.5) is 11.4 Å². The summed E-state index contributed by atoms with van der Waals surface area (Å²) in [6, 6.07) is 17.0. The first-order valence-electron chi connectivity index (χ1n) is 13.6. The number of halogens is 1. The number of benzene rings is 2. The van der Waals surface area contributed by atoms with Crippen LogP contribution in [0.5, 0.6) is 0 Å². The molecule has 2 heterocycles. The molecule has 2 aromatic heterocycles. The van der Waals surface area contributed by atoms with Crippen LogP contribution in [0.25, 0.3) is 11.1 Å². The number of nitriles is 1. The van der Waals surface area contributed by atoms with Crippen molar-refractivity contribution in [3.8, 4) is 11.1 Å². The Morgan fingerprint density at radius 2 is 1.76 bits per heavy atom. The number of anilines is 2. The number of nitrogens with zero attached hydrogens (tertiary/aromatic N) is 2. The van der Waals surface area contributed by atoms with Crippen LogP contribution in [0.3, 0.4) is 0 Å². The summed E-state index contributed by atoms with van der Waals surface area (Å²) in [5.41, 5.74) is 7.50. The van der Waals surface area contributed by atoms with Crippen molar-refractivity contribution < 1.29 is 9.59 Å². The summed E-state index contributed by atoms with van der Waals surface area (Å²) >= 11 is 7.86. The monoisotopic (exact) mass is 582 g/mol.